The molecule has 0 radical (unpaired) electrons. The zero-order valence-corrected chi connectivity index (χ0v) is 22.1. The van der Waals surface area contributed by atoms with Gasteiger partial charge in [0.15, 0.2) is 11.5 Å². The second kappa shape index (κ2) is 8.62. The highest BCUT2D eigenvalue weighted by molar-refractivity contribution is 5.95. The lowest BCUT2D eigenvalue weighted by Gasteiger charge is -2.50. The molecule has 1 spiro atoms. The maximum absolute atomic E-state index is 13.5. The van der Waals surface area contributed by atoms with Crippen molar-refractivity contribution in [2.24, 2.45) is 28.6 Å². The molecule has 0 aromatic rings. The van der Waals surface area contributed by atoms with E-state index in [1.165, 1.54) is 6.08 Å². The Hall–Kier alpha value is -2.76. The molecule has 0 amide bonds. The molecule has 3 aliphatic carbocycles. The highest BCUT2D eigenvalue weighted by Gasteiger charge is 2.80. The molecule has 3 N–H and O–H groups in total. The van der Waals surface area contributed by atoms with E-state index in [0.29, 0.717) is 11.1 Å². The predicted molar refractivity (Wildman–Crippen MR) is 127 cm³/mol. The largest absolute Gasteiger partial charge is 0.504 e. The number of allylic oxidation sites excluding steroid dienone is 3. The van der Waals surface area contributed by atoms with Crippen LogP contribution in [0.3, 0.4) is 0 Å². The quantitative estimate of drug-likeness (QED) is 0.268. The number of fused-ring (bicyclic) bond motifs is 3. The second-order valence-electron chi connectivity index (χ2n) is 12.0. The van der Waals surface area contributed by atoms with Crippen LogP contribution in [0.2, 0.25) is 0 Å². The Morgan fingerprint density at radius 1 is 1.18 bits per heavy atom. The maximum atomic E-state index is 13.5. The fraction of sp³-hybridized carbons (Fsp3) is 0.704. The van der Waals surface area contributed by atoms with Gasteiger partial charge in [0.05, 0.1) is 25.7 Å². The first-order valence-electron chi connectivity index (χ1n) is 12.8. The summed E-state index contributed by atoms with van der Waals surface area (Å²) in [6, 6.07) is 0. The van der Waals surface area contributed by atoms with Gasteiger partial charge in [-0.15, -0.1) is 0 Å². The van der Waals surface area contributed by atoms with Gasteiger partial charge in [0.2, 0.25) is 11.7 Å². The zero-order valence-electron chi connectivity index (χ0n) is 22.1. The Morgan fingerprint density at radius 3 is 2.50 bits per heavy atom. The van der Waals surface area contributed by atoms with Crippen molar-refractivity contribution in [1.29, 1.82) is 0 Å². The van der Waals surface area contributed by atoms with Gasteiger partial charge in [0, 0.05) is 17.9 Å². The molecule has 1 unspecified atom stereocenters. The number of carbonyl (C=O) groups is 4. The third-order valence-electron chi connectivity index (χ3n) is 9.82. The molecule has 2 aliphatic heterocycles. The fourth-order valence-electron chi connectivity index (χ4n) is 8.10. The van der Waals surface area contributed by atoms with Gasteiger partial charge in [-0.3, -0.25) is 4.79 Å². The summed E-state index contributed by atoms with van der Waals surface area (Å²) in [7, 11) is 1.10. The van der Waals surface area contributed by atoms with E-state index >= 15 is 0 Å². The first-order valence-corrected chi connectivity index (χ1v) is 12.8. The number of ether oxygens (including phenoxy) is 4. The SMILES string of the molecule is COC(=O)[C@@]12OC[C@]34CC([C@@H](O)[C@@H]1O)[C@@]1(C)CC(=O)C(O)=C(C)[C@@H]1C[C@H]3OC(=O)[C@H](OC(=O)C=C(C)C)[C@H]42. The van der Waals surface area contributed by atoms with Gasteiger partial charge < -0.3 is 34.3 Å². The molecule has 0 aromatic carbocycles. The normalized spacial score (nSPS) is 45.3. The topological polar surface area (TPSA) is 166 Å². The van der Waals surface area contributed by atoms with E-state index in [1.807, 2.05) is 6.92 Å². The Labute approximate surface area is 219 Å². The molecule has 2 heterocycles. The summed E-state index contributed by atoms with van der Waals surface area (Å²) in [5, 5.41) is 33.9. The zero-order chi connectivity index (χ0) is 27.9. The van der Waals surface area contributed by atoms with Crippen LogP contribution < -0.4 is 0 Å². The van der Waals surface area contributed by atoms with Crippen LogP contribution in [0.15, 0.2) is 23.0 Å². The van der Waals surface area contributed by atoms with Gasteiger partial charge in [-0.05, 0) is 56.4 Å². The number of aliphatic hydroxyl groups is 3. The van der Waals surface area contributed by atoms with Gasteiger partial charge in [0.1, 0.15) is 12.2 Å². The minimum absolute atomic E-state index is 0.109. The van der Waals surface area contributed by atoms with Crippen molar-refractivity contribution in [2.45, 2.75) is 77.0 Å². The smallest absolute Gasteiger partial charge is 0.348 e. The number of ketones is 1. The van der Waals surface area contributed by atoms with E-state index in [1.54, 1.807) is 20.8 Å². The second-order valence-corrected chi connectivity index (χ2v) is 12.0. The molecule has 3 bridgehead atoms. The fourth-order valence-corrected chi connectivity index (χ4v) is 8.10. The van der Waals surface area contributed by atoms with Crippen LogP contribution >= 0.6 is 0 Å². The summed E-state index contributed by atoms with van der Waals surface area (Å²) in [6.45, 7) is 6.65. The van der Waals surface area contributed by atoms with Gasteiger partial charge in [-0.1, -0.05) is 12.5 Å². The van der Waals surface area contributed by atoms with Crippen molar-refractivity contribution < 1.29 is 53.4 Å². The molecule has 38 heavy (non-hydrogen) atoms. The summed E-state index contributed by atoms with van der Waals surface area (Å²) in [4.78, 5) is 52.5. The minimum atomic E-state index is -2.23. The number of hydrogen-bond acceptors (Lipinski definition) is 11. The van der Waals surface area contributed by atoms with Crippen LogP contribution in [0.5, 0.6) is 0 Å². The van der Waals surface area contributed by atoms with Crippen molar-refractivity contribution >= 4 is 23.7 Å². The Balaban J connectivity index is 1.75. The first kappa shape index (κ1) is 26.8. The standard InChI is InChI=1S/C27H34O11/c1-11(2)6-17(29)38-20-21-26-8-14(19(31)22(32)27(21,36-10-26)24(34)35-5)25(4)9-15(28)18(30)12(3)13(25)7-16(26)37-23(20)33/h6,13-14,16,19-22,30-32H,7-10H2,1-5H3/t13-,14?,16+,19+,20+,21+,22-,25-,26+,27-/m0/s1. The predicted octanol–water partition coefficient (Wildman–Crippen LogP) is 0.907. The summed E-state index contributed by atoms with van der Waals surface area (Å²) in [5.74, 6) is -6.08. The van der Waals surface area contributed by atoms with Crippen molar-refractivity contribution in [1.82, 2.24) is 0 Å². The number of esters is 3. The van der Waals surface area contributed by atoms with Gasteiger partial charge in [-0.2, -0.15) is 0 Å². The highest BCUT2D eigenvalue weighted by Crippen LogP contribution is 2.68. The summed E-state index contributed by atoms with van der Waals surface area (Å²) in [5.41, 5.74) is -3.32. The molecule has 11 heteroatoms. The van der Waals surface area contributed by atoms with Crippen molar-refractivity contribution in [3.05, 3.63) is 23.0 Å². The summed E-state index contributed by atoms with van der Waals surface area (Å²) in [6.07, 6.45) is -4.59. The van der Waals surface area contributed by atoms with Gasteiger partial charge >= 0.3 is 17.9 Å². The van der Waals surface area contributed by atoms with Crippen molar-refractivity contribution in [3.8, 4) is 0 Å². The third kappa shape index (κ3) is 3.31. The maximum Gasteiger partial charge on any atom is 0.348 e. The van der Waals surface area contributed by atoms with Crippen molar-refractivity contribution in [3.63, 3.8) is 0 Å². The average Bonchev–Trinajstić information content (AvgIpc) is 3.11. The van der Waals surface area contributed by atoms with E-state index in [-0.39, 0.29) is 31.6 Å². The number of hydrogen-bond donors (Lipinski definition) is 3. The third-order valence-corrected chi connectivity index (χ3v) is 9.82. The lowest BCUT2D eigenvalue weighted by molar-refractivity contribution is -0.222. The Morgan fingerprint density at radius 2 is 1.87 bits per heavy atom. The van der Waals surface area contributed by atoms with Crippen LogP contribution in [-0.2, 0) is 38.1 Å². The molecule has 5 rings (SSSR count). The Kier molecular flexibility index (Phi) is 6.09. The summed E-state index contributed by atoms with van der Waals surface area (Å²) >= 11 is 0. The van der Waals surface area contributed by atoms with E-state index in [4.69, 9.17) is 18.9 Å². The molecule has 5 aliphatic rings. The lowest BCUT2D eigenvalue weighted by atomic mass is 9.57. The number of methoxy groups -OCH3 is 1. The van der Waals surface area contributed by atoms with Gasteiger partial charge in [-0.25, -0.2) is 14.4 Å². The van der Waals surface area contributed by atoms with Crippen LogP contribution in [0.1, 0.15) is 47.0 Å². The number of aliphatic hydroxyl groups excluding tert-OH is 3. The molecule has 208 valence electrons. The minimum Gasteiger partial charge on any atom is -0.504 e. The molecule has 2 saturated heterocycles. The van der Waals surface area contributed by atoms with E-state index in [2.05, 4.69) is 0 Å². The van der Waals surface area contributed by atoms with E-state index in [0.717, 1.165) is 7.11 Å². The van der Waals surface area contributed by atoms with Crippen LogP contribution in [0.25, 0.3) is 0 Å². The van der Waals surface area contributed by atoms with E-state index < -0.39 is 82.3 Å². The van der Waals surface area contributed by atoms with Gasteiger partial charge in [0.25, 0.3) is 0 Å². The van der Waals surface area contributed by atoms with Crippen LogP contribution in [-0.4, -0.2) is 82.7 Å². The number of rotatable bonds is 3. The molecule has 4 fully saturated rings. The molecular weight excluding hydrogens is 500 g/mol. The molecular formula is C27H34O11. The molecule has 10 atom stereocenters. The van der Waals surface area contributed by atoms with Crippen LogP contribution in [0.4, 0.5) is 0 Å². The number of Topliss-reactive ketones (excluding diaryl/α,β-unsaturated/α-hetero) is 1. The average molecular weight is 535 g/mol. The molecule has 2 saturated carbocycles. The van der Waals surface area contributed by atoms with Crippen molar-refractivity contribution in [2.75, 3.05) is 13.7 Å². The number of carbonyl (C=O) groups excluding carboxylic acids is 4. The molecule has 11 nitrogen and oxygen atoms in total. The van der Waals surface area contributed by atoms with Crippen LogP contribution in [0, 0.1) is 28.6 Å². The summed E-state index contributed by atoms with van der Waals surface area (Å²) < 4.78 is 22.6. The highest BCUT2D eigenvalue weighted by atomic mass is 16.6. The molecule has 0 aromatic heterocycles. The Bertz CT molecular complexity index is 1170. The lowest BCUT2D eigenvalue weighted by Crippen LogP contribution is -2.67. The van der Waals surface area contributed by atoms with E-state index in [9.17, 15) is 34.5 Å². The first-order chi connectivity index (χ1) is 17.7. The monoisotopic (exact) mass is 534 g/mol.